The van der Waals surface area contributed by atoms with Gasteiger partial charge in [0, 0.05) is 28.9 Å². The number of hydrogen-bond acceptors (Lipinski definition) is 6. The van der Waals surface area contributed by atoms with Gasteiger partial charge in [-0.05, 0) is 57.3 Å². The molecule has 5 N–H and O–H groups in total. The number of benzene rings is 6. The molecule has 6 aromatic carbocycles. The van der Waals surface area contributed by atoms with Crippen LogP contribution in [0.2, 0.25) is 0 Å². The number of allylic oxidation sites excluding steroid dienone is 1. The fraction of sp³-hybridized carbons (Fsp3) is 0.0789. The first kappa shape index (κ1) is 26.2. The first-order chi connectivity index (χ1) is 21.7. The Kier molecular flexibility index (Phi) is 6.56. The lowest BCUT2D eigenvalue weighted by Crippen LogP contribution is -2.44. The first-order valence-corrected chi connectivity index (χ1v) is 15.0. The quantitative estimate of drug-likeness (QED) is 0.120. The van der Waals surface area contributed by atoms with Crippen LogP contribution in [0, 0.1) is 0 Å². The molecule has 0 spiro atoms. The second-order valence-electron chi connectivity index (χ2n) is 11.2. The van der Waals surface area contributed by atoms with Crippen molar-refractivity contribution in [2.75, 3.05) is 10.2 Å². The molecule has 44 heavy (non-hydrogen) atoms. The van der Waals surface area contributed by atoms with Gasteiger partial charge >= 0.3 is 0 Å². The van der Waals surface area contributed by atoms with Gasteiger partial charge in [-0.15, -0.1) is 0 Å². The van der Waals surface area contributed by atoms with Gasteiger partial charge in [0.25, 0.3) is 0 Å². The van der Waals surface area contributed by atoms with Gasteiger partial charge in [-0.25, -0.2) is 0 Å². The third-order valence-electron chi connectivity index (χ3n) is 8.53. The van der Waals surface area contributed by atoms with Crippen LogP contribution >= 0.6 is 0 Å². The van der Waals surface area contributed by atoms with E-state index in [4.69, 9.17) is 5.73 Å². The highest BCUT2D eigenvalue weighted by Crippen LogP contribution is 2.53. The molecule has 6 heteroatoms. The minimum atomic E-state index is -0.361. The number of nitrogens with zero attached hydrogens (tertiary/aromatic N) is 2. The smallest absolute Gasteiger partial charge is 0.174 e. The molecule has 0 radical (unpaired) electrons. The fourth-order valence-corrected chi connectivity index (χ4v) is 6.44. The highest BCUT2D eigenvalue weighted by Gasteiger charge is 2.34. The average molecular weight is 573 g/mol. The number of aliphatic imine (C=N–C) groups is 1. The van der Waals surface area contributed by atoms with Crippen LogP contribution in [0.1, 0.15) is 23.5 Å². The third kappa shape index (κ3) is 4.57. The molecule has 0 aliphatic carbocycles. The molecule has 6 aromatic rings. The summed E-state index contributed by atoms with van der Waals surface area (Å²) in [5.74, 6) is 0. The van der Waals surface area contributed by atoms with Gasteiger partial charge in [-0.3, -0.25) is 10.3 Å². The van der Waals surface area contributed by atoms with Gasteiger partial charge < -0.3 is 21.3 Å². The molecule has 0 aromatic heterocycles. The summed E-state index contributed by atoms with van der Waals surface area (Å²) >= 11 is 0. The second-order valence-corrected chi connectivity index (χ2v) is 11.2. The van der Waals surface area contributed by atoms with E-state index in [-0.39, 0.29) is 18.6 Å². The van der Waals surface area contributed by atoms with E-state index in [1.54, 1.807) is 6.21 Å². The SMILES string of the molecule is NC(NC1N=CC=CN1)c1cccc(-c2ccc(C3Nc4c(c5ccccc5c5ccccc45)N3c3ccccc3)cc2)c1. The highest BCUT2D eigenvalue weighted by atomic mass is 15.3. The van der Waals surface area contributed by atoms with E-state index in [0.717, 1.165) is 22.4 Å². The first-order valence-electron chi connectivity index (χ1n) is 15.0. The Hall–Kier alpha value is -5.43. The van der Waals surface area contributed by atoms with Gasteiger partial charge in [0.2, 0.25) is 0 Å². The summed E-state index contributed by atoms with van der Waals surface area (Å²) in [6, 6.07) is 45.3. The molecule has 8 rings (SSSR count). The van der Waals surface area contributed by atoms with E-state index in [0.29, 0.717) is 0 Å². The molecule has 6 nitrogen and oxygen atoms in total. The summed E-state index contributed by atoms with van der Waals surface area (Å²) in [6.45, 7) is 0. The van der Waals surface area contributed by atoms with E-state index < -0.39 is 0 Å². The molecule has 0 bridgehead atoms. The zero-order chi connectivity index (χ0) is 29.5. The van der Waals surface area contributed by atoms with Crippen molar-refractivity contribution in [3.05, 3.63) is 151 Å². The maximum atomic E-state index is 6.51. The van der Waals surface area contributed by atoms with Crippen LogP contribution in [-0.4, -0.2) is 12.5 Å². The largest absolute Gasteiger partial charge is 0.359 e. The normalized spacial score (nSPS) is 17.8. The zero-order valence-corrected chi connectivity index (χ0v) is 24.1. The number of nitrogens with one attached hydrogen (secondary N) is 3. The van der Waals surface area contributed by atoms with Crippen molar-refractivity contribution in [3.8, 4) is 11.1 Å². The van der Waals surface area contributed by atoms with Crippen molar-refractivity contribution < 1.29 is 0 Å². The number of nitrogens with two attached hydrogens (primary N) is 1. The molecule has 2 aliphatic heterocycles. The molecule has 0 saturated carbocycles. The Labute approximate surface area is 256 Å². The maximum Gasteiger partial charge on any atom is 0.174 e. The predicted octanol–water partition coefficient (Wildman–Crippen LogP) is 7.94. The summed E-state index contributed by atoms with van der Waals surface area (Å²) in [5, 5.41) is 15.4. The van der Waals surface area contributed by atoms with E-state index in [9.17, 15) is 0 Å². The molecular weight excluding hydrogens is 540 g/mol. The lowest BCUT2D eigenvalue weighted by molar-refractivity contribution is 0.422. The third-order valence-corrected chi connectivity index (χ3v) is 8.53. The monoisotopic (exact) mass is 572 g/mol. The number of hydrogen-bond donors (Lipinski definition) is 4. The van der Waals surface area contributed by atoms with Crippen molar-refractivity contribution in [3.63, 3.8) is 0 Å². The molecule has 2 heterocycles. The molecule has 3 unspecified atom stereocenters. The Bertz CT molecular complexity index is 2030. The minimum absolute atomic E-state index is 0.0720. The van der Waals surface area contributed by atoms with E-state index in [1.807, 2.05) is 18.3 Å². The van der Waals surface area contributed by atoms with Crippen LogP contribution in [0.5, 0.6) is 0 Å². The Balaban J connectivity index is 1.16. The highest BCUT2D eigenvalue weighted by molar-refractivity contribution is 6.22. The van der Waals surface area contributed by atoms with Crippen molar-refractivity contribution in [1.29, 1.82) is 0 Å². The predicted molar refractivity (Wildman–Crippen MR) is 183 cm³/mol. The average Bonchev–Trinajstić information content (AvgIpc) is 3.51. The maximum absolute atomic E-state index is 6.51. The van der Waals surface area contributed by atoms with Gasteiger partial charge in [0.15, 0.2) is 6.29 Å². The van der Waals surface area contributed by atoms with Crippen molar-refractivity contribution in [1.82, 2.24) is 10.6 Å². The van der Waals surface area contributed by atoms with Crippen LogP contribution in [0.3, 0.4) is 0 Å². The molecular formula is C38H32N6. The topological polar surface area (TPSA) is 77.7 Å². The molecule has 3 atom stereocenters. The van der Waals surface area contributed by atoms with Gasteiger partial charge in [-0.2, -0.15) is 0 Å². The minimum Gasteiger partial charge on any atom is -0.359 e. The number of anilines is 3. The second kappa shape index (κ2) is 11.0. The Morgan fingerprint density at radius 1 is 0.705 bits per heavy atom. The summed E-state index contributed by atoms with van der Waals surface area (Å²) in [6.07, 6.45) is 4.80. The molecule has 0 amide bonds. The molecule has 214 valence electrons. The lowest BCUT2D eigenvalue weighted by Gasteiger charge is -2.28. The summed E-state index contributed by atoms with van der Waals surface area (Å²) < 4.78 is 0. The number of fused-ring (bicyclic) bond motifs is 6. The summed E-state index contributed by atoms with van der Waals surface area (Å²) in [5.41, 5.74) is 14.5. The van der Waals surface area contributed by atoms with Crippen molar-refractivity contribution >= 4 is 44.8 Å². The molecule has 0 saturated heterocycles. The summed E-state index contributed by atoms with van der Waals surface area (Å²) in [7, 11) is 0. The number of rotatable bonds is 6. The van der Waals surface area contributed by atoms with Gasteiger partial charge in [0.1, 0.15) is 6.17 Å². The van der Waals surface area contributed by atoms with Crippen LogP contribution in [0.15, 0.2) is 145 Å². The van der Waals surface area contributed by atoms with Gasteiger partial charge in [0.05, 0.1) is 17.5 Å². The molecule has 0 fully saturated rings. The number of para-hydroxylation sites is 1. The lowest BCUT2D eigenvalue weighted by atomic mass is 9.98. The van der Waals surface area contributed by atoms with Gasteiger partial charge in [-0.1, -0.05) is 109 Å². The fourth-order valence-electron chi connectivity index (χ4n) is 6.44. The van der Waals surface area contributed by atoms with E-state index in [2.05, 4.69) is 147 Å². The van der Waals surface area contributed by atoms with E-state index in [1.165, 1.54) is 38.5 Å². The van der Waals surface area contributed by atoms with Crippen molar-refractivity contribution in [2.45, 2.75) is 18.6 Å². The Morgan fingerprint density at radius 3 is 2.16 bits per heavy atom. The van der Waals surface area contributed by atoms with Crippen LogP contribution < -0.4 is 26.6 Å². The van der Waals surface area contributed by atoms with Crippen LogP contribution in [0.4, 0.5) is 17.1 Å². The summed E-state index contributed by atoms with van der Waals surface area (Å²) in [4.78, 5) is 6.82. The van der Waals surface area contributed by atoms with Crippen LogP contribution in [0.25, 0.3) is 32.7 Å². The van der Waals surface area contributed by atoms with Crippen LogP contribution in [-0.2, 0) is 0 Å². The Morgan fingerprint density at radius 2 is 1.41 bits per heavy atom. The van der Waals surface area contributed by atoms with Crippen molar-refractivity contribution in [2.24, 2.45) is 10.7 Å². The van der Waals surface area contributed by atoms with E-state index >= 15 is 0 Å². The molecule has 2 aliphatic rings. The standard InChI is InChI=1S/C38H32N6/c39-36(43-38-40-22-9-23-41-38)28-11-8-10-27(24-28)25-18-20-26(21-19-25)37-42-34-32-16-6-4-14-30(32)31-15-5-7-17-33(31)35(34)44(37)29-12-2-1-3-13-29/h1-24,36-38,40,42-43H,39H2. The zero-order valence-electron chi connectivity index (χ0n) is 24.1.